The number of fused-ring (bicyclic) bond motifs is 16. The normalized spacial score (nSPS) is 11.2. The molecule has 0 spiro atoms. The number of aromatic nitrogens is 8. The standard InChI is InChI=1S/C31H33N2O3.C30H31N2O3.C30H31N2O2.C29H29N2O2.C4H10.4CH4.3CH3.HI/c1-35-21-22-36-20-18-33-30-10-5-3-8-27(30)28-23-24(12-14-31(28)33)11-13-25-15-17-32(16-6-19-34)29-9-4-2-7-26(25)29;1-34-20-21-35-19-17-32-29-9-5-3-7-26(29)27-22-23(11-13-30(27)32)10-12-24-14-15-31(16-18-33)28-8-4-2-6-25(24)28;1-3-31-17-16-24(25-8-4-6-10-28(25)31)14-12-23-13-15-30-27(22-23)26-9-5-7-11-29(26)32(30)18-19-34-21-20-33-2;1-30-16-15-23(24-7-3-5-9-27(24)30)13-11-22-12-14-29-26(21-22)25-8-4-6-10-28(25)31(29)17-18-33-20-19-32-2;1-3-4-2;;;;;;;;/h2-5,7-15,17,23,34H,6,16,18-22H2,1H3;2-15,22,33H,16-21H2,1H3;4-17,22H,3,18-21H2,1-2H3;3-16,21H,17-20H2,1-2H3;3-4H2,1-2H3;4*1H4;3*1H3;1H/q4*+1;;;;;;3*-1;/p-1. The van der Waals surface area contributed by atoms with Gasteiger partial charge >= 0.3 is 0 Å². The van der Waals surface area contributed by atoms with Gasteiger partial charge in [0, 0.05) is 203 Å². The molecule has 0 fully saturated rings. The molecule has 18 nitrogen and oxygen atoms in total. The van der Waals surface area contributed by atoms with Gasteiger partial charge in [0.1, 0.15) is 20.2 Å². The van der Waals surface area contributed by atoms with Gasteiger partial charge in [-0.3, -0.25) is 0 Å². The van der Waals surface area contributed by atoms with Gasteiger partial charge in [-0.05, 0) is 148 Å². The summed E-state index contributed by atoms with van der Waals surface area (Å²) in [5.41, 5.74) is 24.2. The van der Waals surface area contributed by atoms with Gasteiger partial charge in [-0.2, -0.15) is 13.7 Å². The molecule has 20 rings (SSSR count). The maximum absolute atomic E-state index is 9.40. The Morgan fingerprint density at radius 2 is 0.500 bits per heavy atom. The molecule has 150 heavy (non-hydrogen) atoms. The number of nitrogens with zero attached hydrogens (tertiary/aromatic N) is 8. The maximum atomic E-state index is 9.40. The minimum absolute atomic E-state index is 0. The van der Waals surface area contributed by atoms with Crippen molar-refractivity contribution in [3.8, 4) is 0 Å². The van der Waals surface area contributed by atoms with E-state index in [0.717, 1.165) is 62.3 Å². The van der Waals surface area contributed by atoms with Crippen LogP contribution in [0.3, 0.4) is 0 Å². The molecule has 0 aliphatic carbocycles. The van der Waals surface area contributed by atoms with Crippen molar-refractivity contribution in [1.82, 2.24) is 18.3 Å². The third-order valence-corrected chi connectivity index (χ3v) is 26.3. The van der Waals surface area contributed by atoms with Crippen LogP contribution in [0.15, 0.2) is 316 Å². The van der Waals surface area contributed by atoms with Crippen LogP contribution in [-0.2, 0) is 90.8 Å². The Bertz CT molecular complexity index is 7760. The Hall–Kier alpha value is -13.2. The number of para-hydroxylation sites is 8. The number of aryl methyl sites for hydroxylation is 3. The van der Waals surface area contributed by atoms with E-state index in [2.05, 4.69) is 417 Å². The number of hydrogen-bond donors (Lipinski definition) is 2. The summed E-state index contributed by atoms with van der Waals surface area (Å²) >= 11 is 0. The van der Waals surface area contributed by atoms with Crippen LogP contribution in [0.1, 0.15) is 114 Å². The lowest BCUT2D eigenvalue weighted by Gasteiger charge is -2.08. The molecule has 0 amide bonds. The summed E-state index contributed by atoms with van der Waals surface area (Å²) in [6.45, 7) is 20.0. The zero-order valence-electron chi connectivity index (χ0n) is 86.7. The summed E-state index contributed by atoms with van der Waals surface area (Å²) in [6, 6.07) is 104. The van der Waals surface area contributed by atoms with E-state index in [1.165, 1.54) is 172 Å². The highest BCUT2D eigenvalue weighted by atomic mass is 127. The number of aliphatic hydroxyl groups is 2. The topological polar surface area (TPSA) is 150 Å². The predicted molar refractivity (Wildman–Crippen MR) is 633 cm³/mol. The first-order valence-electron chi connectivity index (χ1n) is 49.9. The van der Waals surface area contributed by atoms with Crippen LogP contribution in [0, 0.1) is 22.3 Å². The molecular weight excluding hydrogens is 1970 g/mol. The number of halogens is 1. The highest BCUT2D eigenvalue weighted by Crippen LogP contribution is 2.37. The second kappa shape index (κ2) is 62.4. The maximum Gasteiger partial charge on any atom is 0.213 e. The molecule has 0 radical (unpaired) electrons. The summed E-state index contributed by atoms with van der Waals surface area (Å²) in [6.07, 6.45) is 29.5. The van der Waals surface area contributed by atoms with Crippen molar-refractivity contribution in [2.75, 3.05) is 121 Å². The molecule has 8 aromatic heterocycles. The van der Waals surface area contributed by atoms with Crippen LogP contribution in [-0.4, -0.2) is 149 Å². The summed E-state index contributed by atoms with van der Waals surface area (Å²) in [5, 5.41) is 33.7. The minimum atomic E-state index is 0. The first-order chi connectivity index (χ1) is 70.1. The Kier molecular flexibility index (Phi) is 50.8. The number of pyridine rings is 4. The molecule has 2 N–H and O–H groups in total. The average Bonchev–Trinajstić information content (AvgIpc) is 1.59. The lowest BCUT2D eigenvalue weighted by Crippen LogP contribution is -3.00. The number of aliphatic hydroxyl groups excluding tert-OH is 2. The van der Waals surface area contributed by atoms with Crippen molar-refractivity contribution < 1.29 is 90.4 Å². The Morgan fingerprint density at radius 1 is 0.253 bits per heavy atom. The van der Waals surface area contributed by atoms with Crippen molar-refractivity contribution in [2.45, 2.75) is 116 Å². The smallest absolute Gasteiger partial charge is 0.213 e. The molecule has 0 atom stereocenters. The Balaban J connectivity index is 0.000000236. The number of unbranched alkanes of at least 4 members (excludes halogenated alkanes) is 1. The van der Waals surface area contributed by atoms with Gasteiger partial charge < -0.3 is 113 Å². The SMILES string of the molecule is C.C.C.C.CCCC.CC[n+]1ccc(/C=C/c2ccc3c(c2)c2ccccc2n3CCOCCOC)c2ccccc21.COCCOCCn1c2ccccc2c2cc(/C=C/c3cc[n+](C)c4ccccc34)ccc21.COCCOCCn1c2ccccc2c2cc(/C=C/c3cc[n+](CCCO)c4ccccc34)ccc21.COCCOCCn1c2ccccc2c2cc(/C=C/c3cc[n+](CCO)c4ccccc34)ccc21.[CH3-].[CH3-].[CH3-].[I-]. The van der Waals surface area contributed by atoms with Gasteiger partial charge in [-0.1, -0.05) is 251 Å². The fraction of sp³-hybridized carbons (Fsp3) is 0.275. The summed E-state index contributed by atoms with van der Waals surface area (Å²) in [5.74, 6) is 0. The molecular formula is C131H159IN8O10. The first kappa shape index (κ1) is 122. The molecule has 0 unspecified atom stereocenters. The van der Waals surface area contributed by atoms with Crippen LogP contribution in [0.25, 0.3) is 179 Å². The van der Waals surface area contributed by atoms with E-state index in [1.807, 2.05) is 12.3 Å². The number of benzene rings is 12. The van der Waals surface area contributed by atoms with E-state index in [4.69, 9.17) is 37.9 Å². The third kappa shape index (κ3) is 29.7. The second-order valence-electron chi connectivity index (χ2n) is 35.3. The summed E-state index contributed by atoms with van der Waals surface area (Å²) < 4.78 is 61.5. The van der Waals surface area contributed by atoms with Crippen LogP contribution in [0.4, 0.5) is 0 Å². The van der Waals surface area contributed by atoms with Gasteiger partial charge in [0.15, 0.2) is 37.9 Å². The largest absolute Gasteiger partial charge is 1.00 e. The second-order valence-corrected chi connectivity index (χ2v) is 35.3. The molecule has 20 aromatic rings. The van der Waals surface area contributed by atoms with Gasteiger partial charge in [0.25, 0.3) is 0 Å². The molecule has 0 saturated carbocycles. The zero-order valence-corrected chi connectivity index (χ0v) is 88.9. The Morgan fingerprint density at radius 3 is 0.780 bits per heavy atom. The van der Waals surface area contributed by atoms with Crippen molar-refractivity contribution in [3.05, 3.63) is 383 Å². The van der Waals surface area contributed by atoms with Crippen LogP contribution < -0.4 is 42.2 Å². The van der Waals surface area contributed by atoms with E-state index in [9.17, 15) is 10.2 Å². The van der Waals surface area contributed by atoms with Gasteiger partial charge in [-0.25, -0.2) is 4.57 Å². The van der Waals surface area contributed by atoms with Gasteiger partial charge in [0.05, 0.1) is 101 Å². The third-order valence-electron chi connectivity index (χ3n) is 26.3. The first-order valence-corrected chi connectivity index (χ1v) is 49.9. The molecule has 19 heteroatoms. The van der Waals surface area contributed by atoms with Crippen LogP contribution in [0.5, 0.6) is 0 Å². The minimum Gasteiger partial charge on any atom is -1.00 e. The summed E-state index contributed by atoms with van der Waals surface area (Å²) in [7, 11) is 8.86. The quantitative estimate of drug-likeness (QED) is 0.0165. The van der Waals surface area contributed by atoms with Crippen molar-refractivity contribution in [3.63, 3.8) is 0 Å². The van der Waals surface area contributed by atoms with E-state index in [1.54, 1.807) is 28.4 Å². The monoisotopic (exact) mass is 2130 g/mol. The van der Waals surface area contributed by atoms with E-state index in [0.29, 0.717) is 85.8 Å². The number of hydrogen-bond acceptors (Lipinski definition) is 10. The lowest BCUT2D eigenvalue weighted by atomic mass is 10.1. The Labute approximate surface area is 908 Å². The van der Waals surface area contributed by atoms with Crippen LogP contribution >= 0.6 is 0 Å². The number of ether oxygens (including phenoxy) is 8. The lowest BCUT2D eigenvalue weighted by molar-refractivity contribution is -0.672. The molecule has 12 aromatic carbocycles. The predicted octanol–water partition coefficient (Wildman–Crippen LogP) is 24.9. The van der Waals surface area contributed by atoms with Crippen molar-refractivity contribution >= 4 is 179 Å². The highest BCUT2D eigenvalue weighted by Gasteiger charge is 2.20. The van der Waals surface area contributed by atoms with Crippen LogP contribution in [0.2, 0.25) is 0 Å². The molecule has 790 valence electrons. The highest BCUT2D eigenvalue weighted by molar-refractivity contribution is 6.12. The molecule has 0 aliphatic heterocycles. The van der Waals surface area contributed by atoms with E-state index >= 15 is 0 Å². The van der Waals surface area contributed by atoms with Crippen molar-refractivity contribution in [2.24, 2.45) is 7.05 Å². The molecule has 8 heterocycles. The average molecular weight is 2130 g/mol. The van der Waals surface area contributed by atoms with Gasteiger partial charge in [-0.15, -0.1) is 0 Å². The van der Waals surface area contributed by atoms with E-state index in [-0.39, 0.29) is 89.2 Å². The summed E-state index contributed by atoms with van der Waals surface area (Å²) in [4.78, 5) is 0. The molecule has 0 aliphatic rings. The molecule has 0 saturated heterocycles. The fourth-order valence-electron chi connectivity index (χ4n) is 18.9. The number of rotatable bonds is 39. The molecule has 0 bridgehead atoms. The van der Waals surface area contributed by atoms with Crippen molar-refractivity contribution in [1.29, 1.82) is 0 Å². The van der Waals surface area contributed by atoms with Gasteiger partial charge in [0.2, 0.25) is 22.1 Å². The number of methoxy groups -OCH3 is 4. The van der Waals surface area contributed by atoms with E-state index < -0.39 is 0 Å². The zero-order chi connectivity index (χ0) is 98.1. The fourth-order valence-corrected chi connectivity index (χ4v) is 18.9.